The third-order valence-corrected chi connectivity index (χ3v) is 5.42. The molecule has 0 radical (unpaired) electrons. The van der Waals surface area contributed by atoms with Crippen molar-refractivity contribution in [2.75, 3.05) is 6.54 Å². The summed E-state index contributed by atoms with van der Waals surface area (Å²) in [6, 6.07) is 12.0. The summed E-state index contributed by atoms with van der Waals surface area (Å²) in [5.41, 5.74) is 1.43. The van der Waals surface area contributed by atoms with Crippen LogP contribution in [0.5, 0.6) is 5.75 Å². The number of fused-ring (bicyclic) bond motifs is 1. The molecule has 2 aromatic carbocycles. The van der Waals surface area contributed by atoms with Gasteiger partial charge in [0.15, 0.2) is 0 Å². The summed E-state index contributed by atoms with van der Waals surface area (Å²) in [6.07, 6.45) is 0.888. The second-order valence-corrected chi connectivity index (χ2v) is 7.34. The summed E-state index contributed by atoms with van der Waals surface area (Å²) in [7, 11) is 0. The summed E-state index contributed by atoms with van der Waals surface area (Å²) < 4.78 is 13.8. The normalized spacial score (nSPS) is 24.2. The van der Waals surface area contributed by atoms with E-state index in [1.807, 2.05) is 0 Å². The first-order valence-corrected chi connectivity index (χ1v) is 9.37. The van der Waals surface area contributed by atoms with Crippen LogP contribution in [0.4, 0.5) is 4.39 Å². The fourth-order valence-electron chi connectivity index (χ4n) is 3.91. The van der Waals surface area contributed by atoms with Crippen molar-refractivity contribution in [3.63, 3.8) is 0 Å². The Morgan fingerprint density at radius 3 is 2.64 bits per heavy atom. The number of piperazine rings is 1. The molecule has 3 atom stereocenters. The van der Waals surface area contributed by atoms with E-state index in [0.29, 0.717) is 31.5 Å². The van der Waals surface area contributed by atoms with Crippen molar-refractivity contribution < 1.29 is 19.1 Å². The van der Waals surface area contributed by atoms with Crippen molar-refractivity contribution in [3.05, 3.63) is 65.5 Å². The smallest absolute Gasteiger partial charge is 0.246 e. The minimum atomic E-state index is -0.612. The Balaban J connectivity index is 1.40. The molecule has 0 saturated carbocycles. The Kier molecular flexibility index (Phi) is 5.00. The molecule has 6 nitrogen and oxygen atoms in total. The van der Waals surface area contributed by atoms with Gasteiger partial charge >= 0.3 is 0 Å². The second kappa shape index (κ2) is 7.59. The molecule has 2 amide bonds. The molecule has 2 saturated heterocycles. The quantitative estimate of drug-likeness (QED) is 0.728. The highest BCUT2D eigenvalue weighted by atomic mass is 19.1. The maximum atomic E-state index is 13.8. The molecule has 0 aliphatic carbocycles. The molecule has 2 aliphatic heterocycles. The van der Waals surface area contributed by atoms with E-state index >= 15 is 0 Å². The Morgan fingerprint density at radius 2 is 1.89 bits per heavy atom. The molecule has 0 bridgehead atoms. The number of phenolic OH excluding ortho intramolecular Hbond substituents is 1. The van der Waals surface area contributed by atoms with Crippen LogP contribution in [0.25, 0.3) is 0 Å². The lowest BCUT2D eigenvalue weighted by molar-refractivity contribution is -0.147. The van der Waals surface area contributed by atoms with Crippen LogP contribution in [0.2, 0.25) is 0 Å². The van der Waals surface area contributed by atoms with Crippen molar-refractivity contribution >= 4 is 11.8 Å². The lowest BCUT2D eigenvalue weighted by atomic mass is 10.0. The second-order valence-electron chi connectivity index (χ2n) is 7.34. The van der Waals surface area contributed by atoms with Gasteiger partial charge in [0.25, 0.3) is 0 Å². The Labute approximate surface area is 162 Å². The zero-order valence-corrected chi connectivity index (χ0v) is 15.3. The maximum absolute atomic E-state index is 13.8. The molecule has 28 heavy (non-hydrogen) atoms. The Bertz CT molecular complexity index is 887. The number of aromatic hydroxyl groups is 1. The molecule has 0 unspecified atom stereocenters. The van der Waals surface area contributed by atoms with Crippen molar-refractivity contribution in [1.29, 1.82) is 0 Å². The molecule has 2 fully saturated rings. The van der Waals surface area contributed by atoms with E-state index in [-0.39, 0.29) is 29.4 Å². The molecule has 7 heteroatoms. The highest BCUT2D eigenvalue weighted by Crippen LogP contribution is 2.24. The standard InChI is InChI=1S/C21H22FN3O3/c22-17-4-2-1-3-14(17)11-23-15-10-19-20(27)24-18(21(28)25(19)12-15)9-13-5-7-16(26)8-6-13/h1-8,15,18-19,23,26H,9-12H2,(H,24,27)/t15-,18-,19-/m0/s1. The van der Waals surface area contributed by atoms with Gasteiger partial charge in [0.1, 0.15) is 23.7 Å². The van der Waals surface area contributed by atoms with Crippen molar-refractivity contribution in [1.82, 2.24) is 15.5 Å². The van der Waals surface area contributed by atoms with E-state index in [0.717, 1.165) is 5.56 Å². The van der Waals surface area contributed by atoms with Crippen LogP contribution in [0, 0.1) is 5.82 Å². The van der Waals surface area contributed by atoms with Gasteiger partial charge in [-0.25, -0.2) is 4.39 Å². The third kappa shape index (κ3) is 3.71. The van der Waals surface area contributed by atoms with Crippen LogP contribution < -0.4 is 10.6 Å². The zero-order valence-electron chi connectivity index (χ0n) is 15.3. The molecule has 2 aromatic rings. The van der Waals surface area contributed by atoms with E-state index in [2.05, 4.69) is 10.6 Å². The van der Waals surface area contributed by atoms with E-state index in [1.165, 1.54) is 6.07 Å². The molecular formula is C21H22FN3O3. The summed E-state index contributed by atoms with van der Waals surface area (Å²) in [5.74, 6) is -0.369. The average Bonchev–Trinajstić information content (AvgIpc) is 3.12. The number of hydrogen-bond acceptors (Lipinski definition) is 4. The van der Waals surface area contributed by atoms with Gasteiger partial charge < -0.3 is 20.6 Å². The SMILES string of the molecule is O=C1N[C@@H](Cc2ccc(O)cc2)C(=O)N2C[C@@H](NCc3ccccc3F)C[C@@H]12. The number of nitrogens with zero attached hydrogens (tertiary/aromatic N) is 1. The number of amides is 2. The number of hydrogen-bond donors (Lipinski definition) is 3. The first kappa shape index (κ1) is 18.4. The summed E-state index contributed by atoms with van der Waals surface area (Å²) in [6.45, 7) is 0.780. The van der Waals surface area contributed by atoms with E-state index in [9.17, 15) is 19.1 Å². The number of rotatable bonds is 5. The highest BCUT2D eigenvalue weighted by Gasteiger charge is 2.46. The van der Waals surface area contributed by atoms with Gasteiger partial charge in [-0.2, -0.15) is 0 Å². The lowest BCUT2D eigenvalue weighted by Crippen LogP contribution is -2.61. The van der Waals surface area contributed by atoms with Gasteiger partial charge in [-0.3, -0.25) is 9.59 Å². The minimum Gasteiger partial charge on any atom is -0.508 e. The third-order valence-electron chi connectivity index (χ3n) is 5.42. The number of halogens is 1. The van der Waals surface area contributed by atoms with Gasteiger partial charge in [0.05, 0.1) is 0 Å². The fourth-order valence-corrected chi connectivity index (χ4v) is 3.91. The number of carbonyl (C=O) groups is 2. The molecule has 2 heterocycles. The van der Waals surface area contributed by atoms with Crippen molar-refractivity contribution in [2.24, 2.45) is 0 Å². The predicted octanol–water partition coefficient (Wildman–Crippen LogP) is 1.33. The van der Waals surface area contributed by atoms with E-state index < -0.39 is 12.1 Å². The largest absolute Gasteiger partial charge is 0.508 e. The molecule has 2 aliphatic rings. The summed E-state index contributed by atoms with van der Waals surface area (Å²) in [4.78, 5) is 27.0. The van der Waals surface area contributed by atoms with Gasteiger partial charge in [0, 0.05) is 31.1 Å². The molecule has 0 spiro atoms. The summed E-state index contributed by atoms with van der Waals surface area (Å²) >= 11 is 0. The number of phenols is 1. The zero-order chi connectivity index (χ0) is 19.7. The van der Waals surface area contributed by atoms with Crippen LogP contribution in [-0.4, -0.2) is 46.5 Å². The lowest BCUT2D eigenvalue weighted by Gasteiger charge is -2.34. The molecular weight excluding hydrogens is 361 g/mol. The van der Waals surface area contributed by atoms with Crippen molar-refractivity contribution in [2.45, 2.75) is 37.5 Å². The van der Waals surface area contributed by atoms with Crippen LogP contribution >= 0.6 is 0 Å². The van der Waals surface area contributed by atoms with Crippen LogP contribution in [0.1, 0.15) is 17.5 Å². The molecule has 4 rings (SSSR count). The number of nitrogens with one attached hydrogen (secondary N) is 2. The van der Waals surface area contributed by atoms with Crippen LogP contribution in [0.15, 0.2) is 48.5 Å². The summed E-state index contributed by atoms with van der Waals surface area (Å²) in [5, 5.41) is 15.5. The minimum absolute atomic E-state index is 0.0632. The predicted molar refractivity (Wildman–Crippen MR) is 101 cm³/mol. The molecule has 0 aromatic heterocycles. The van der Waals surface area contributed by atoms with Gasteiger partial charge in [0.2, 0.25) is 11.8 Å². The first-order chi connectivity index (χ1) is 13.5. The van der Waals surface area contributed by atoms with E-state index in [1.54, 1.807) is 47.4 Å². The Hall–Kier alpha value is -2.93. The number of benzene rings is 2. The molecule has 146 valence electrons. The van der Waals surface area contributed by atoms with Crippen molar-refractivity contribution in [3.8, 4) is 5.75 Å². The Morgan fingerprint density at radius 1 is 1.14 bits per heavy atom. The van der Waals surface area contributed by atoms with Gasteiger partial charge in [-0.1, -0.05) is 30.3 Å². The van der Waals surface area contributed by atoms with Gasteiger partial charge in [-0.15, -0.1) is 0 Å². The van der Waals surface area contributed by atoms with E-state index in [4.69, 9.17) is 0 Å². The number of carbonyl (C=O) groups excluding carboxylic acids is 2. The molecule has 3 N–H and O–H groups in total. The highest BCUT2D eigenvalue weighted by molar-refractivity contribution is 5.97. The van der Waals surface area contributed by atoms with Gasteiger partial charge in [-0.05, 0) is 30.2 Å². The van der Waals surface area contributed by atoms with Crippen LogP contribution in [0.3, 0.4) is 0 Å². The monoisotopic (exact) mass is 383 g/mol. The van der Waals surface area contributed by atoms with Crippen LogP contribution in [-0.2, 0) is 22.6 Å². The first-order valence-electron chi connectivity index (χ1n) is 9.37. The fraction of sp³-hybridized carbons (Fsp3) is 0.333. The average molecular weight is 383 g/mol. The maximum Gasteiger partial charge on any atom is 0.246 e. The topological polar surface area (TPSA) is 81.7 Å².